The van der Waals surface area contributed by atoms with Gasteiger partial charge in [-0.25, -0.2) is 14.8 Å². The third-order valence-corrected chi connectivity index (χ3v) is 5.50. The summed E-state index contributed by atoms with van der Waals surface area (Å²) in [5.74, 6) is 1.82. The molecule has 0 unspecified atom stereocenters. The van der Waals surface area contributed by atoms with Crippen molar-refractivity contribution in [2.45, 2.75) is 31.2 Å². The quantitative estimate of drug-likeness (QED) is 0.348. The maximum absolute atomic E-state index is 12.8. The van der Waals surface area contributed by atoms with Crippen molar-refractivity contribution in [1.29, 1.82) is 0 Å². The molecule has 0 atom stereocenters. The zero-order chi connectivity index (χ0) is 21.3. The zero-order valence-electron chi connectivity index (χ0n) is 17.0. The van der Waals surface area contributed by atoms with E-state index < -0.39 is 11.2 Å². The van der Waals surface area contributed by atoms with Crippen LogP contribution in [-0.2, 0) is 19.5 Å². The summed E-state index contributed by atoms with van der Waals surface area (Å²) in [4.78, 5) is 34.3. The maximum atomic E-state index is 12.8. The average Bonchev–Trinajstić information content (AvgIpc) is 2.66. The lowest BCUT2D eigenvalue weighted by Crippen LogP contribution is -2.38. The van der Waals surface area contributed by atoms with Crippen LogP contribution in [0.2, 0.25) is 5.02 Å². The van der Waals surface area contributed by atoms with Crippen molar-refractivity contribution in [3.05, 3.63) is 56.0 Å². The van der Waals surface area contributed by atoms with E-state index in [0.717, 1.165) is 4.57 Å². The van der Waals surface area contributed by atoms with E-state index in [-0.39, 0.29) is 5.41 Å². The second-order valence-corrected chi connectivity index (χ2v) is 9.18. The van der Waals surface area contributed by atoms with Gasteiger partial charge in [-0.3, -0.25) is 13.9 Å². The molecule has 0 fully saturated rings. The molecule has 2 heterocycles. The molecular weight excluding hydrogens is 412 g/mol. The highest BCUT2D eigenvalue weighted by Crippen LogP contribution is 2.27. The SMILES string of the molecule is Cn1c(=O)c2c(SCCOc3cccc(Cl)c3)nc(C(C)(C)C)nc2n(C)c1=O. The van der Waals surface area contributed by atoms with Gasteiger partial charge in [0.1, 0.15) is 22.0 Å². The first-order chi connectivity index (χ1) is 13.6. The molecule has 9 heteroatoms. The number of hydrogen-bond acceptors (Lipinski definition) is 6. The lowest BCUT2D eigenvalue weighted by Gasteiger charge is -2.19. The second kappa shape index (κ2) is 8.20. The summed E-state index contributed by atoms with van der Waals surface area (Å²) in [6.45, 7) is 6.38. The van der Waals surface area contributed by atoms with Crippen LogP contribution in [-0.4, -0.2) is 31.5 Å². The highest BCUT2D eigenvalue weighted by atomic mass is 35.5. The van der Waals surface area contributed by atoms with Crippen LogP contribution < -0.4 is 16.0 Å². The fraction of sp³-hybridized carbons (Fsp3) is 0.400. The van der Waals surface area contributed by atoms with E-state index in [0.29, 0.717) is 45.0 Å². The summed E-state index contributed by atoms with van der Waals surface area (Å²) >= 11 is 7.38. The van der Waals surface area contributed by atoms with E-state index in [1.54, 1.807) is 19.2 Å². The molecule has 0 saturated heterocycles. The van der Waals surface area contributed by atoms with E-state index in [2.05, 4.69) is 9.97 Å². The minimum atomic E-state index is -0.415. The van der Waals surface area contributed by atoms with Crippen LogP contribution in [0.15, 0.2) is 38.9 Å². The minimum absolute atomic E-state index is 0.335. The van der Waals surface area contributed by atoms with Crippen molar-refractivity contribution in [3.8, 4) is 5.75 Å². The van der Waals surface area contributed by atoms with Crippen LogP contribution in [0, 0.1) is 0 Å². The van der Waals surface area contributed by atoms with Gasteiger partial charge in [0.05, 0.1) is 6.61 Å². The van der Waals surface area contributed by atoms with Gasteiger partial charge in [-0.15, -0.1) is 11.8 Å². The molecule has 154 valence electrons. The Balaban J connectivity index is 1.97. The first-order valence-corrected chi connectivity index (χ1v) is 10.5. The average molecular weight is 435 g/mol. The third kappa shape index (κ3) is 4.48. The number of hydrogen-bond donors (Lipinski definition) is 0. The minimum Gasteiger partial charge on any atom is -0.493 e. The Labute approximate surface area is 177 Å². The van der Waals surface area contributed by atoms with Gasteiger partial charge in [0.15, 0.2) is 5.65 Å². The molecule has 0 aliphatic heterocycles. The van der Waals surface area contributed by atoms with Crippen LogP contribution in [0.4, 0.5) is 0 Å². The molecule has 0 spiro atoms. The zero-order valence-corrected chi connectivity index (χ0v) is 18.6. The van der Waals surface area contributed by atoms with Gasteiger partial charge in [-0.05, 0) is 18.2 Å². The van der Waals surface area contributed by atoms with Crippen molar-refractivity contribution < 1.29 is 4.74 Å². The molecule has 0 aliphatic rings. The molecule has 3 aromatic rings. The lowest BCUT2D eigenvalue weighted by molar-refractivity contribution is 0.344. The van der Waals surface area contributed by atoms with E-state index in [4.69, 9.17) is 16.3 Å². The summed E-state index contributed by atoms with van der Waals surface area (Å²) in [5, 5.41) is 1.50. The normalized spacial score (nSPS) is 11.8. The highest BCUT2D eigenvalue weighted by Gasteiger charge is 2.23. The number of benzene rings is 1. The van der Waals surface area contributed by atoms with E-state index >= 15 is 0 Å². The summed E-state index contributed by atoms with van der Waals surface area (Å²) < 4.78 is 8.20. The lowest BCUT2D eigenvalue weighted by atomic mass is 9.96. The van der Waals surface area contributed by atoms with Crippen molar-refractivity contribution in [2.75, 3.05) is 12.4 Å². The first kappa shape index (κ1) is 21.4. The van der Waals surface area contributed by atoms with Crippen molar-refractivity contribution >= 4 is 34.4 Å². The fourth-order valence-electron chi connectivity index (χ4n) is 2.72. The van der Waals surface area contributed by atoms with Gasteiger partial charge in [0.25, 0.3) is 5.56 Å². The first-order valence-electron chi connectivity index (χ1n) is 9.09. The van der Waals surface area contributed by atoms with Crippen LogP contribution in [0.25, 0.3) is 11.0 Å². The number of ether oxygens (including phenoxy) is 1. The van der Waals surface area contributed by atoms with Gasteiger partial charge >= 0.3 is 5.69 Å². The Kier molecular flexibility index (Phi) is 6.05. The maximum Gasteiger partial charge on any atom is 0.332 e. The largest absolute Gasteiger partial charge is 0.493 e. The Morgan fingerprint density at radius 1 is 1.14 bits per heavy atom. The van der Waals surface area contributed by atoms with Crippen molar-refractivity contribution in [3.63, 3.8) is 0 Å². The number of thioether (sulfide) groups is 1. The van der Waals surface area contributed by atoms with E-state index in [1.165, 1.54) is 23.4 Å². The Hall–Kier alpha value is -2.32. The van der Waals surface area contributed by atoms with Crippen molar-refractivity contribution in [1.82, 2.24) is 19.1 Å². The van der Waals surface area contributed by atoms with Crippen LogP contribution in [0.5, 0.6) is 5.75 Å². The molecule has 1 aromatic carbocycles. The van der Waals surface area contributed by atoms with Gasteiger partial charge in [0, 0.05) is 30.3 Å². The molecular formula is C20H23ClN4O3S. The fourth-order valence-corrected chi connectivity index (χ4v) is 3.74. The molecule has 29 heavy (non-hydrogen) atoms. The number of rotatable bonds is 5. The molecule has 3 rings (SSSR count). The molecule has 0 saturated carbocycles. The summed E-state index contributed by atoms with van der Waals surface area (Å²) in [6.07, 6.45) is 0. The number of aryl methyl sites for hydroxylation is 1. The monoisotopic (exact) mass is 434 g/mol. The molecule has 0 amide bonds. The Morgan fingerprint density at radius 2 is 1.86 bits per heavy atom. The molecule has 0 bridgehead atoms. The number of aromatic nitrogens is 4. The number of fused-ring (bicyclic) bond motifs is 1. The van der Waals surface area contributed by atoms with Gasteiger partial charge in [-0.1, -0.05) is 38.4 Å². The molecule has 0 N–H and O–H groups in total. The molecule has 0 radical (unpaired) electrons. The number of nitrogens with zero attached hydrogens (tertiary/aromatic N) is 4. The summed E-state index contributed by atoms with van der Waals surface area (Å²) in [7, 11) is 3.07. The van der Waals surface area contributed by atoms with Gasteiger partial charge in [0.2, 0.25) is 0 Å². The highest BCUT2D eigenvalue weighted by molar-refractivity contribution is 7.99. The Bertz CT molecular complexity index is 1180. The molecule has 0 aliphatic carbocycles. The predicted molar refractivity (Wildman–Crippen MR) is 116 cm³/mol. The van der Waals surface area contributed by atoms with Gasteiger partial charge < -0.3 is 4.74 Å². The molecule has 2 aromatic heterocycles. The predicted octanol–water partition coefficient (Wildman–Crippen LogP) is 3.15. The standard InChI is InChI=1S/C20H23ClN4O3S/c1-20(2,3)18-22-15-14(17(26)25(5)19(27)24(15)4)16(23-18)29-10-9-28-13-8-6-7-12(21)11-13/h6-8,11H,9-10H2,1-5H3. The smallest absolute Gasteiger partial charge is 0.332 e. The van der Waals surface area contributed by atoms with E-state index in [1.807, 2.05) is 32.9 Å². The van der Waals surface area contributed by atoms with Crippen LogP contribution in [0.1, 0.15) is 26.6 Å². The topological polar surface area (TPSA) is 79.0 Å². The summed E-state index contributed by atoms with van der Waals surface area (Å²) in [5.41, 5.74) is -0.808. The van der Waals surface area contributed by atoms with E-state index in [9.17, 15) is 9.59 Å². The van der Waals surface area contributed by atoms with Crippen molar-refractivity contribution in [2.24, 2.45) is 14.1 Å². The van der Waals surface area contributed by atoms with Crippen LogP contribution in [0.3, 0.4) is 0 Å². The Morgan fingerprint density at radius 3 is 2.52 bits per heavy atom. The summed E-state index contributed by atoms with van der Waals surface area (Å²) in [6, 6.07) is 7.18. The number of halogens is 1. The van der Waals surface area contributed by atoms with Crippen LogP contribution >= 0.6 is 23.4 Å². The molecule has 7 nitrogen and oxygen atoms in total. The van der Waals surface area contributed by atoms with Gasteiger partial charge in [-0.2, -0.15) is 0 Å². The third-order valence-electron chi connectivity index (χ3n) is 4.32. The second-order valence-electron chi connectivity index (χ2n) is 7.66.